The van der Waals surface area contributed by atoms with Crippen molar-refractivity contribution in [2.45, 2.75) is 90.8 Å². The van der Waals surface area contributed by atoms with E-state index in [2.05, 4.69) is 26.0 Å². The van der Waals surface area contributed by atoms with Crippen molar-refractivity contribution in [2.24, 2.45) is 5.92 Å². The molecule has 114 valence electrons. The second kappa shape index (κ2) is 11.5. The molecule has 0 aromatic carbocycles. The Labute approximate surface area is 119 Å². The molecule has 0 aliphatic carbocycles. The van der Waals surface area contributed by atoms with E-state index in [0.29, 0.717) is 6.42 Å². The summed E-state index contributed by atoms with van der Waals surface area (Å²) < 4.78 is 0. The molecule has 2 N–H and O–H groups in total. The molecule has 2 heteroatoms. The van der Waals surface area contributed by atoms with E-state index in [1.165, 1.54) is 25.7 Å². The maximum atomic E-state index is 10.0. The highest BCUT2D eigenvalue weighted by Gasteiger charge is 2.28. The Kier molecular flexibility index (Phi) is 11.3. The quantitative estimate of drug-likeness (QED) is 0.304. The van der Waals surface area contributed by atoms with Gasteiger partial charge in [0.25, 0.3) is 0 Å². The second-order valence-electron chi connectivity index (χ2n) is 5.79. The van der Waals surface area contributed by atoms with Gasteiger partial charge in [-0.2, -0.15) is 0 Å². The van der Waals surface area contributed by atoms with E-state index in [0.717, 1.165) is 32.1 Å². The van der Waals surface area contributed by atoms with Crippen LogP contribution >= 0.6 is 0 Å². The predicted molar refractivity (Wildman–Crippen MR) is 83.0 cm³/mol. The number of hydrogen-bond donors (Lipinski definition) is 2. The molecule has 1 unspecified atom stereocenters. The largest absolute Gasteiger partial charge is 0.365 e. The zero-order valence-electron chi connectivity index (χ0n) is 13.2. The lowest BCUT2D eigenvalue weighted by Gasteiger charge is -2.28. The Morgan fingerprint density at radius 3 is 2.16 bits per heavy atom. The monoisotopic (exact) mass is 270 g/mol. The van der Waals surface area contributed by atoms with Crippen molar-refractivity contribution < 1.29 is 10.2 Å². The summed E-state index contributed by atoms with van der Waals surface area (Å²) >= 11 is 0. The van der Waals surface area contributed by atoms with Gasteiger partial charge in [-0.25, -0.2) is 0 Å². The maximum absolute atomic E-state index is 10.0. The van der Waals surface area contributed by atoms with Crippen molar-refractivity contribution in [3.05, 3.63) is 12.2 Å². The Hall–Kier alpha value is -0.340. The first kappa shape index (κ1) is 18.7. The van der Waals surface area contributed by atoms with Crippen molar-refractivity contribution in [3.63, 3.8) is 0 Å². The van der Waals surface area contributed by atoms with Crippen LogP contribution < -0.4 is 0 Å². The van der Waals surface area contributed by atoms with Gasteiger partial charge in [0.2, 0.25) is 0 Å². The third-order valence-corrected chi connectivity index (χ3v) is 3.82. The highest BCUT2D eigenvalue weighted by molar-refractivity contribution is 4.86. The number of aliphatic hydroxyl groups is 2. The second-order valence-corrected chi connectivity index (χ2v) is 5.79. The van der Waals surface area contributed by atoms with Crippen LogP contribution in [0.15, 0.2) is 12.2 Å². The summed E-state index contributed by atoms with van der Waals surface area (Å²) in [6.07, 6.45) is 14.9. The van der Waals surface area contributed by atoms with Crippen LogP contribution in [0.2, 0.25) is 0 Å². The lowest BCUT2D eigenvalue weighted by atomic mass is 9.92. The molecule has 0 rings (SSSR count). The predicted octanol–water partition coefficient (Wildman–Crippen LogP) is 4.80. The standard InChI is InChI=1S/C17H34O2/c1-4-6-8-9-10-11-12-14-16(3)17(18,19)15-13-7-5-2/h11-12,16,18-19H,4-10,13-15H2,1-3H3. The molecule has 0 spiro atoms. The van der Waals surface area contributed by atoms with Gasteiger partial charge in [-0.3, -0.25) is 0 Å². The van der Waals surface area contributed by atoms with Crippen LogP contribution in [0.25, 0.3) is 0 Å². The van der Waals surface area contributed by atoms with Gasteiger partial charge in [0.05, 0.1) is 0 Å². The molecule has 0 radical (unpaired) electrons. The summed E-state index contributed by atoms with van der Waals surface area (Å²) in [5.41, 5.74) is 0. The summed E-state index contributed by atoms with van der Waals surface area (Å²) in [7, 11) is 0. The molecule has 0 bridgehead atoms. The maximum Gasteiger partial charge on any atom is 0.165 e. The van der Waals surface area contributed by atoms with Gasteiger partial charge in [-0.05, 0) is 25.7 Å². The molecule has 0 amide bonds. The Morgan fingerprint density at radius 2 is 1.53 bits per heavy atom. The van der Waals surface area contributed by atoms with E-state index >= 15 is 0 Å². The molecule has 0 aliphatic rings. The lowest BCUT2D eigenvalue weighted by molar-refractivity contribution is -0.200. The first-order chi connectivity index (χ1) is 9.04. The van der Waals surface area contributed by atoms with Crippen molar-refractivity contribution >= 4 is 0 Å². The third kappa shape index (κ3) is 10.1. The molecule has 0 fully saturated rings. The minimum absolute atomic E-state index is 0.0868. The Bertz CT molecular complexity index is 221. The Morgan fingerprint density at radius 1 is 0.895 bits per heavy atom. The molecular weight excluding hydrogens is 236 g/mol. The van der Waals surface area contributed by atoms with Gasteiger partial charge in [0.1, 0.15) is 0 Å². The molecule has 19 heavy (non-hydrogen) atoms. The first-order valence-corrected chi connectivity index (χ1v) is 8.14. The molecule has 0 aromatic heterocycles. The van der Waals surface area contributed by atoms with E-state index in [-0.39, 0.29) is 5.92 Å². The minimum atomic E-state index is -1.50. The van der Waals surface area contributed by atoms with Crippen LogP contribution in [0.3, 0.4) is 0 Å². The fourth-order valence-corrected chi connectivity index (χ4v) is 2.18. The van der Waals surface area contributed by atoms with Gasteiger partial charge in [0.15, 0.2) is 5.79 Å². The molecular formula is C17H34O2. The summed E-state index contributed by atoms with van der Waals surface area (Å²) in [4.78, 5) is 0. The van der Waals surface area contributed by atoms with Gasteiger partial charge >= 0.3 is 0 Å². The van der Waals surface area contributed by atoms with Crippen LogP contribution in [-0.4, -0.2) is 16.0 Å². The fourth-order valence-electron chi connectivity index (χ4n) is 2.18. The van der Waals surface area contributed by atoms with E-state index in [9.17, 15) is 10.2 Å². The lowest BCUT2D eigenvalue weighted by Crippen LogP contribution is -2.35. The van der Waals surface area contributed by atoms with Gasteiger partial charge in [-0.15, -0.1) is 0 Å². The third-order valence-electron chi connectivity index (χ3n) is 3.82. The van der Waals surface area contributed by atoms with E-state index in [1.54, 1.807) is 0 Å². The molecule has 1 atom stereocenters. The molecule has 0 heterocycles. The van der Waals surface area contributed by atoms with Crippen molar-refractivity contribution in [1.82, 2.24) is 0 Å². The van der Waals surface area contributed by atoms with E-state index in [4.69, 9.17) is 0 Å². The molecule has 0 saturated carbocycles. The highest BCUT2D eigenvalue weighted by Crippen LogP contribution is 2.24. The topological polar surface area (TPSA) is 40.5 Å². The first-order valence-electron chi connectivity index (χ1n) is 8.14. The van der Waals surface area contributed by atoms with E-state index < -0.39 is 5.79 Å². The summed E-state index contributed by atoms with van der Waals surface area (Å²) in [5, 5.41) is 20.0. The number of unbranched alkanes of at least 4 members (excludes halogenated alkanes) is 6. The van der Waals surface area contributed by atoms with Crippen LogP contribution in [0.5, 0.6) is 0 Å². The van der Waals surface area contributed by atoms with Crippen molar-refractivity contribution in [1.29, 1.82) is 0 Å². The fraction of sp³-hybridized carbons (Fsp3) is 0.882. The normalized spacial score (nSPS) is 14.2. The molecule has 0 aromatic rings. The minimum Gasteiger partial charge on any atom is -0.365 e. The molecule has 2 nitrogen and oxygen atoms in total. The van der Waals surface area contributed by atoms with Gasteiger partial charge < -0.3 is 10.2 Å². The molecule has 0 aliphatic heterocycles. The highest BCUT2D eigenvalue weighted by atomic mass is 16.5. The smallest absolute Gasteiger partial charge is 0.165 e. The van der Waals surface area contributed by atoms with Crippen molar-refractivity contribution in [3.8, 4) is 0 Å². The van der Waals surface area contributed by atoms with Crippen molar-refractivity contribution in [2.75, 3.05) is 0 Å². The number of rotatable bonds is 12. The number of hydrogen-bond acceptors (Lipinski definition) is 2. The van der Waals surface area contributed by atoms with Crippen LogP contribution in [0.4, 0.5) is 0 Å². The molecule has 0 saturated heterocycles. The number of allylic oxidation sites excluding steroid dienone is 2. The van der Waals surface area contributed by atoms with Crippen LogP contribution in [0.1, 0.15) is 85.0 Å². The Balaban J connectivity index is 3.75. The zero-order chi connectivity index (χ0) is 14.6. The van der Waals surface area contributed by atoms with Gasteiger partial charge in [-0.1, -0.05) is 65.0 Å². The summed E-state index contributed by atoms with van der Waals surface area (Å²) in [6.45, 7) is 6.27. The van der Waals surface area contributed by atoms with Gasteiger partial charge in [0, 0.05) is 12.3 Å². The summed E-state index contributed by atoms with van der Waals surface area (Å²) in [5.74, 6) is -1.59. The average molecular weight is 270 g/mol. The SMILES string of the molecule is CCCCCCC=CCC(C)C(O)(O)CCCCC. The zero-order valence-corrected chi connectivity index (χ0v) is 13.2. The summed E-state index contributed by atoms with van der Waals surface area (Å²) in [6, 6.07) is 0. The van der Waals surface area contributed by atoms with Crippen LogP contribution in [-0.2, 0) is 0 Å². The average Bonchev–Trinajstić information content (AvgIpc) is 2.37. The van der Waals surface area contributed by atoms with E-state index in [1.807, 2.05) is 6.92 Å². The van der Waals surface area contributed by atoms with Crippen LogP contribution in [0, 0.1) is 5.92 Å².